The lowest BCUT2D eigenvalue weighted by Crippen LogP contribution is -2.49. The number of phenols is 1. The largest absolute Gasteiger partial charge is 0.508 e. The molecule has 0 unspecified atom stereocenters. The van der Waals surface area contributed by atoms with Crippen molar-refractivity contribution in [3.05, 3.63) is 47.3 Å². The van der Waals surface area contributed by atoms with E-state index in [9.17, 15) is 14.7 Å². The number of hydrogen-bond acceptors (Lipinski definition) is 6. The van der Waals surface area contributed by atoms with E-state index in [1.54, 1.807) is 18.2 Å². The van der Waals surface area contributed by atoms with Crippen molar-refractivity contribution in [1.82, 2.24) is 15.4 Å². The van der Waals surface area contributed by atoms with E-state index in [4.69, 9.17) is 10.3 Å². The number of phenolic OH excluding ortho intramolecular Hbond substituents is 1. The quantitative estimate of drug-likeness (QED) is 0.637. The summed E-state index contributed by atoms with van der Waals surface area (Å²) in [5.41, 5.74) is 7.17. The van der Waals surface area contributed by atoms with Gasteiger partial charge < -0.3 is 25.6 Å². The third-order valence-corrected chi connectivity index (χ3v) is 5.93. The van der Waals surface area contributed by atoms with E-state index in [0.29, 0.717) is 44.0 Å². The molecule has 1 aromatic heterocycles. The summed E-state index contributed by atoms with van der Waals surface area (Å²) in [5, 5.41) is 16.3. The predicted molar refractivity (Wildman–Crippen MR) is 110 cm³/mol. The summed E-state index contributed by atoms with van der Waals surface area (Å²) in [4.78, 5) is 27.2. The Bertz CT molecular complexity index is 883. The molecular weight excluding hydrogens is 384 g/mol. The number of likely N-dealkylation sites (tertiary alicyclic amines) is 1. The number of aromatic hydroxyl groups is 1. The zero-order valence-corrected chi connectivity index (χ0v) is 16.9. The van der Waals surface area contributed by atoms with Gasteiger partial charge in [-0.3, -0.25) is 9.59 Å². The average Bonchev–Trinajstić information content (AvgIpc) is 3.49. The molecule has 4 N–H and O–H groups in total. The maximum absolute atomic E-state index is 12.9. The SMILES string of the molecule is NC[C@H](Cc1ccc(O)cc1)C(=O)N1CCC(NC(=O)c2cc(C3CC3)on2)CC1. The molecule has 30 heavy (non-hydrogen) atoms. The van der Waals surface area contributed by atoms with Crippen LogP contribution in [0.15, 0.2) is 34.9 Å². The summed E-state index contributed by atoms with van der Waals surface area (Å²) in [6.07, 6.45) is 4.13. The molecule has 1 aliphatic heterocycles. The third kappa shape index (κ3) is 4.81. The predicted octanol–water partition coefficient (Wildman–Crippen LogP) is 1.80. The first-order chi connectivity index (χ1) is 14.5. The van der Waals surface area contributed by atoms with Crippen LogP contribution in [-0.2, 0) is 11.2 Å². The highest BCUT2D eigenvalue weighted by atomic mass is 16.5. The van der Waals surface area contributed by atoms with Gasteiger partial charge in [0, 0.05) is 37.7 Å². The highest BCUT2D eigenvalue weighted by Crippen LogP contribution is 2.40. The van der Waals surface area contributed by atoms with Crippen LogP contribution in [-0.4, -0.2) is 52.7 Å². The number of amides is 2. The van der Waals surface area contributed by atoms with Crippen LogP contribution in [0.25, 0.3) is 0 Å². The highest BCUT2D eigenvalue weighted by Gasteiger charge is 2.31. The zero-order valence-electron chi connectivity index (χ0n) is 16.9. The number of piperidine rings is 1. The van der Waals surface area contributed by atoms with Crippen molar-refractivity contribution in [2.45, 2.75) is 44.1 Å². The van der Waals surface area contributed by atoms with Crippen molar-refractivity contribution >= 4 is 11.8 Å². The summed E-state index contributed by atoms with van der Waals surface area (Å²) < 4.78 is 5.25. The number of carbonyl (C=O) groups excluding carboxylic acids is 2. The molecule has 160 valence electrons. The lowest BCUT2D eigenvalue weighted by Gasteiger charge is -2.34. The van der Waals surface area contributed by atoms with Gasteiger partial charge in [0.25, 0.3) is 5.91 Å². The molecule has 2 heterocycles. The van der Waals surface area contributed by atoms with E-state index in [1.807, 2.05) is 17.0 Å². The second-order valence-corrected chi connectivity index (χ2v) is 8.27. The van der Waals surface area contributed by atoms with Crippen molar-refractivity contribution in [1.29, 1.82) is 0 Å². The highest BCUT2D eigenvalue weighted by molar-refractivity contribution is 5.92. The third-order valence-electron chi connectivity index (χ3n) is 5.93. The fourth-order valence-corrected chi connectivity index (χ4v) is 3.91. The molecule has 1 aliphatic carbocycles. The van der Waals surface area contributed by atoms with Crippen LogP contribution < -0.4 is 11.1 Å². The van der Waals surface area contributed by atoms with Crippen LogP contribution in [0, 0.1) is 5.92 Å². The lowest BCUT2D eigenvalue weighted by molar-refractivity contribution is -0.136. The molecule has 2 aromatic rings. The Balaban J connectivity index is 1.26. The fraction of sp³-hybridized carbons (Fsp3) is 0.500. The van der Waals surface area contributed by atoms with Gasteiger partial charge in [0.2, 0.25) is 5.91 Å². The minimum Gasteiger partial charge on any atom is -0.508 e. The van der Waals surface area contributed by atoms with Gasteiger partial charge in [-0.05, 0) is 49.8 Å². The zero-order chi connectivity index (χ0) is 21.1. The number of aromatic nitrogens is 1. The van der Waals surface area contributed by atoms with Crippen molar-refractivity contribution in [3.8, 4) is 5.75 Å². The number of nitrogens with zero attached hydrogens (tertiary/aromatic N) is 2. The summed E-state index contributed by atoms with van der Waals surface area (Å²) in [6.45, 7) is 1.44. The van der Waals surface area contributed by atoms with Gasteiger partial charge in [0.1, 0.15) is 11.5 Å². The summed E-state index contributed by atoms with van der Waals surface area (Å²) in [5.74, 6) is 0.945. The number of carbonyl (C=O) groups is 2. The first kappa shape index (κ1) is 20.4. The van der Waals surface area contributed by atoms with Crippen molar-refractivity contribution in [2.24, 2.45) is 11.7 Å². The van der Waals surface area contributed by atoms with E-state index in [0.717, 1.165) is 24.2 Å². The number of nitrogens with one attached hydrogen (secondary N) is 1. The standard InChI is InChI=1S/C22H28N4O4/c23-13-16(11-14-1-5-18(27)6-2-14)22(29)26-9-7-17(8-10-26)24-21(28)19-12-20(30-25-19)15-3-4-15/h1-2,5-6,12,15-17,27H,3-4,7-11,13,23H2,(H,24,28)/t16-/m0/s1. The van der Waals surface area contributed by atoms with Gasteiger partial charge in [-0.25, -0.2) is 0 Å². The number of rotatable bonds is 7. The lowest BCUT2D eigenvalue weighted by atomic mass is 9.96. The van der Waals surface area contributed by atoms with E-state index in [1.165, 1.54) is 0 Å². The van der Waals surface area contributed by atoms with Gasteiger partial charge in [0.15, 0.2) is 5.69 Å². The molecule has 2 amide bonds. The van der Waals surface area contributed by atoms with Crippen LogP contribution in [0.2, 0.25) is 0 Å². The first-order valence-corrected chi connectivity index (χ1v) is 10.6. The second kappa shape index (κ2) is 8.87. The van der Waals surface area contributed by atoms with E-state index >= 15 is 0 Å². The molecule has 2 aliphatic rings. The van der Waals surface area contributed by atoms with E-state index in [2.05, 4.69) is 10.5 Å². The van der Waals surface area contributed by atoms with E-state index in [-0.39, 0.29) is 36.1 Å². The van der Waals surface area contributed by atoms with Crippen LogP contribution in [0.1, 0.15) is 53.4 Å². The van der Waals surface area contributed by atoms with Crippen molar-refractivity contribution < 1.29 is 19.2 Å². The molecule has 1 aromatic carbocycles. The Morgan fingerprint density at radius 2 is 1.90 bits per heavy atom. The first-order valence-electron chi connectivity index (χ1n) is 10.6. The Hall–Kier alpha value is -2.87. The number of hydrogen-bond donors (Lipinski definition) is 3. The summed E-state index contributed by atoms with van der Waals surface area (Å²) in [6, 6.07) is 8.60. The molecule has 0 radical (unpaired) electrons. The fourth-order valence-electron chi connectivity index (χ4n) is 3.91. The number of benzene rings is 1. The average molecular weight is 412 g/mol. The normalized spacial score (nSPS) is 18.2. The monoisotopic (exact) mass is 412 g/mol. The van der Waals surface area contributed by atoms with Gasteiger partial charge in [-0.1, -0.05) is 17.3 Å². The maximum Gasteiger partial charge on any atom is 0.273 e. The Morgan fingerprint density at radius 1 is 1.20 bits per heavy atom. The van der Waals surface area contributed by atoms with Crippen molar-refractivity contribution in [2.75, 3.05) is 19.6 Å². The summed E-state index contributed by atoms with van der Waals surface area (Å²) in [7, 11) is 0. The molecule has 0 spiro atoms. The maximum atomic E-state index is 12.9. The molecule has 1 saturated heterocycles. The van der Waals surface area contributed by atoms with Gasteiger partial charge >= 0.3 is 0 Å². The Labute approximate surface area is 175 Å². The smallest absolute Gasteiger partial charge is 0.273 e. The second-order valence-electron chi connectivity index (χ2n) is 8.27. The van der Waals surface area contributed by atoms with Crippen LogP contribution in [0.5, 0.6) is 5.75 Å². The minimum absolute atomic E-state index is 0.0102. The van der Waals surface area contributed by atoms with Gasteiger partial charge in [0.05, 0.1) is 5.92 Å². The Kier molecular flexibility index (Phi) is 6.03. The van der Waals surface area contributed by atoms with E-state index < -0.39 is 0 Å². The minimum atomic E-state index is -0.295. The molecule has 0 bridgehead atoms. The molecule has 2 fully saturated rings. The molecule has 8 nitrogen and oxygen atoms in total. The topological polar surface area (TPSA) is 122 Å². The van der Waals surface area contributed by atoms with Crippen LogP contribution >= 0.6 is 0 Å². The molecule has 1 saturated carbocycles. The van der Waals surface area contributed by atoms with Crippen molar-refractivity contribution in [3.63, 3.8) is 0 Å². The van der Waals surface area contributed by atoms with Gasteiger partial charge in [-0.2, -0.15) is 0 Å². The van der Waals surface area contributed by atoms with Crippen LogP contribution in [0.3, 0.4) is 0 Å². The number of nitrogens with two attached hydrogens (primary N) is 1. The van der Waals surface area contributed by atoms with Gasteiger partial charge in [-0.15, -0.1) is 0 Å². The molecular formula is C22H28N4O4. The van der Waals surface area contributed by atoms with Crippen LogP contribution in [0.4, 0.5) is 0 Å². The summed E-state index contributed by atoms with van der Waals surface area (Å²) >= 11 is 0. The molecule has 4 rings (SSSR count). The Morgan fingerprint density at radius 3 is 2.53 bits per heavy atom. The molecule has 1 atom stereocenters. The molecule has 8 heteroatoms.